The van der Waals surface area contributed by atoms with E-state index in [0.717, 1.165) is 0 Å². The number of nitrogens with two attached hydrogens (primary N) is 1. The number of aliphatic carboxylic acids is 1. The molecule has 0 aromatic rings. The summed E-state index contributed by atoms with van der Waals surface area (Å²) in [4.78, 5) is 9.79. The summed E-state index contributed by atoms with van der Waals surface area (Å²) in [6, 6.07) is -0.736. The third-order valence-corrected chi connectivity index (χ3v) is 1.25. The van der Waals surface area contributed by atoms with E-state index in [4.69, 9.17) is 10.8 Å². The van der Waals surface area contributed by atoms with E-state index in [1.807, 2.05) is 0 Å². The van der Waals surface area contributed by atoms with Crippen LogP contribution in [0.15, 0.2) is 0 Å². The molecule has 0 heterocycles. The Morgan fingerprint density at radius 2 is 2.43 bits per heavy atom. The number of carbonyl (C=O) groups is 1. The van der Waals surface area contributed by atoms with Gasteiger partial charge in [0.1, 0.15) is 0 Å². The first-order valence-electron chi connectivity index (χ1n) is 1.75. The fourth-order valence-corrected chi connectivity index (χ4v) is 0.370. The normalized spacial score (nSPS) is 13.4. The molecule has 0 rings (SSSR count). The molecule has 0 aromatic heterocycles. The van der Waals surface area contributed by atoms with E-state index in [2.05, 4.69) is 16.0 Å². The third-order valence-electron chi connectivity index (χ3n) is 0.497. The zero-order chi connectivity index (χ0) is 5.86. The van der Waals surface area contributed by atoms with Crippen LogP contribution in [0.5, 0.6) is 0 Å². The van der Waals surface area contributed by atoms with E-state index in [1.165, 1.54) is 0 Å². The number of hydrogen-bond donors (Lipinski definition) is 2. The van der Waals surface area contributed by atoms with Crippen LogP contribution in [0, 0.1) is 0 Å². The molecule has 0 aliphatic heterocycles. The minimum absolute atomic E-state index is 0.370. The summed E-state index contributed by atoms with van der Waals surface area (Å²) < 4.78 is 0. The maximum absolute atomic E-state index is 9.79. The summed E-state index contributed by atoms with van der Waals surface area (Å²) in [7, 11) is 0. The molecule has 41 valence electrons. The number of rotatable bonds is 2. The molecule has 0 saturated carbocycles. The molecular formula is C3H6NO2Se. The van der Waals surface area contributed by atoms with Crippen LogP contribution in [0.3, 0.4) is 0 Å². The molecule has 7 heavy (non-hydrogen) atoms. The average molecular weight is 167 g/mol. The molecule has 0 spiro atoms. The Bertz CT molecular complexity index is 75.3. The Balaban J connectivity index is 3.34. The van der Waals surface area contributed by atoms with Crippen molar-refractivity contribution >= 4 is 22.0 Å². The SMILES string of the molecule is NC(C[Se])C(=O)O. The fourth-order valence-electron chi connectivity index (χ4n) is 0.0713. The van der Waals surface area contributed by atoms with Crippen LogP contribution in [0.4, 0.5) is 0 Å². The Labute approximate surface area is 49.7 Å². The molecule has 0 aromatic carbocycles. The van der Waals surface area contributed by atoms with Gasteiger partial charge < -0.3 is 0 Å². The second kappa shape index (κ2) is 3.02. The van der Waals surface area contributed by atoms with Crippen LogP contribution in [-0.4, -0.2) is 33.1 Å². The Morgan fingerprint density at radius 1 is 2.00 bits per heavy atom. The van der Waals surface area contributed by atoms with E-state index in [9.17, 15) is 4.79 Å². The van der Waals surface area contributed by atoms with Crippen molar-refractivity contribution in [1.82, 2.24) is 0 Å². The van der Waals surface area contributed by atoms with E-state index in [1.54, 1.807) is 0 Å². The van der Waals surface area contributed by atoms with Crippen LogP contribution in [0.1, 0.15) is 0 Å². The molecule has 0 aliphatic carbocycles. The van der Waals surface area contributed by atoms with Crippen LogP contribution in [-0.2, 0) is 4.79 Å². The van der Waals surface area contributed by atoms with Gasteiger partial charge in [-0.25, -0.2) is 0 Å². The standard InChI is InChI=1S/C3H6NO2Se/c4-2(1-7)3(5)6/h2H,1,4H2,(H,5,6). The quantitative estimate of drug-likeness (QED) is 0.517. The summed E-state index contributed by atoms with van der Waals surface area (Å²) in [6.45, 7) is 0. The predicted octanol–water partition coefficient (Wildman–Crippen LogP) is -1.01. The third kappa shape index (κ3) is 2.62. The fraction of sp³-hybridized carbons (Fsp3) is 0.667. The number of carboxylic acid groups (broad SMARTS) is 1. The van der Waals surface area contributed by atoms with Gasteiger partial charge in [0.15, 0.2) is 0 Å². The van der Waals surface area contributed by atoms with Crippen LogP contribution >= 0.6 is 0 Å². The van der Waals surface area contributed by atoms with E-state index < -0.39 is 12.0 Å². The molecule has 0 amide bonds. The van der Waals surface area contributed by atoms with Gasteiger partial charge in [-0.1, -0.05) is 0 Å². The monoisotopic (exact) mass is 168 g/mol. The molecule has 0 saturated heterocycles. The average Bonchev–Trinajstić information content (AvgIpc) is 1.65. The van der Waals surface area contributed by atoms with Crippen molar-refractivity contribution in [2.75, 3.05) is 0 Å². The molecule has 1 radical (unpaired) electrons. The van der Waals surface area contributed by atoms with Gasteiger partial charge in [-0.05, 0) is 0 Å². The first-order valence-corrected chi connectivity index (χ1v) is 2.96. The van der Waals surface area contributed by atoms with Crippen molar-refractivity contribution in [2.24, 2.45) is 5.73 Å². The maximum atomic E-state index is 9.79. The van der Waals surface area contributed by atoms with E-state index >= 15 is 0 Å². The van der Waals surface area contributed by atoms with E-state index in [-0.39, 0.29) is 0 Å². The second-order valence-electron chi connectivity index (χ2n) is 1.11. The predicted molar refractivity (Wildman–Crippen MR) is 26.2 cm³/mol. The summed E-state index contributed by atoms with van der Waals surface area (Å²) in [5.41, 5.74) is 4.98. The van der Waals surface area contributed by atoms with Gasteiger partial charge in [0, 0.05) is 0 Å². The van der Waals surface area contributed by atoms with Crippen LogP contribution < -0.4 is 5.73 Å². The van der Waals surface area contributed by atoms with Crippen molar-refractivity contribution in [1.29, 1.82) is 0 Å². The van der Waals surface area contributed by atoms with Gasteiger partial charge in [0.05, 0.1) is 0 Å². The molecular weight excluding hydrogens is 161 g/mol. The van der Waals surface area contributed by atoms with Crippen LogP contribution in [0.2, 0.25) is 5.32 Å². The van der Waals surface area contributed by atoms with Gasteiger partial charge in [0.2, 0.25) is 0 Å². The van der Waals surface area contributed by atoms with E-state index in [0.29, 0.717) is 5.32 Å². The molecule has 0 aliphatic rings. The van der Waals surface area contributed by atoms with Crippen molar-refractivity contribution in [3.63, 3.8) is 0 Å². The zero-order valence-electron chi connectivity index (χ0n) is 3.63. The summed E-state index contributed by atoms with van der Waals surface area (Å²) in [6.07, 6.45) is 0. The first-order chi connectivity index (χ1) is 3.18. The van der Waals surface area contributed by atoms with Gasteiger partial charge >= 0.3 is 49.0 Å². The minimum atomic E-state index is -0.959. The Hall–Kier alpha value is -0.0505. The molecule has 3 N–H and O–H groups in total. The molecule has 0 fully saturated rings. The summed E-state index contributed by atoms with van der Waals surface area (Å²) in [5, 5.41) is 8.41. The molecule has 3 nitrogen and oxygen atoms in total. The molecule has 0 bridgehead atoms. The van der Waals surface area contributed by atoms with Crippen LogP contribution in [0.25, 0.3) is 0 Å². The van der Waals surface area contributed by atoms with Gasteiger partial charge in [-0.15, -0.1) is 0 Å². The summed E-state index contributed by atoms with van der Waals surface area (Å²) >= 11 is 2.52. The van der Waals surface area contributed by atoms with Gasteiger partial charge in [-0.3, -0.25) is 0 Å². The van der Waals surface area contributed by atoms with Gasteiger partial charge in [-0.2, -0.15) is 0 Å². The molecule has 1 unspecified atom stereocenters. The molecule has 1 atom stereocenters. The van der Waals surface area contributed by atoms with Crippen molar-refractivity contribution in [2.45, 2.75) is 11.4 Å². The Morgan fingerprint density at radius 3 is 2.43 bits per heavy atom. The summed E-state index contributed by atoms with van der Waals surface area (Å²) in [5.74, 6) is -0.959. The zero-order valence-corrected chi connectivity index (χ0v) is 5.34. The number of carboxylic acids is 1. The van der Waals surface area contributed by atoms with Crippen molar-refractivity contribution in [3.8, 4) is 0 Å². The first kappa shape index (κ1) is 6.95. The van der Waals surface area contributed by atoms with Crippen molar-refractivity contribution in [3.05, 3.63) is 0 Å². The molecule has 4 heteroatoms. The topological polar surface area (TPSA) is 63.3 Å². The van der Waals surface area contributed by atoms with Crippen molar-refractivity contribution < 1.29 is 9.90 Å². The number of hydrogen-bond acceptors (Lipinski definition) is 2. The Kier molecular flexibility index (Phi) is 3.00. The second-order valence-corrected chi connectivity index (χ2v) is 1.81. The van der Waals surface area contributed by atoms with Gasteiger partial charge in [0.25, 0.3) is 0 Å².